The zero-order chi connectivity index (χ0) is 14.8. The van der Waals surface area contributed by atoms with Crippen molar-refractivity contribution in [2.24, 2.45) is 5.73 Å². The normalized spacial score (nSPS) is 11.4. The Morgan fingerprint density at radius 2 is 1.95 bits per heavy atom. The molecule has 8 heteroatoms. The zero-order valence-corrected chi connectivity index (χ0v) is 10.8. The molecule has 20 heavy (non-hydrogen) atoms. The van der Waals surface area contributed by atoms with Crippen LogP contribution in [0.3, 0.4) is 0 Å². The SMILES string of the molecule is NCC(=O)c1nc(-c2ccc(OC(F)(F)F)cc2)cs1. The van der Waals surface area contributed by atoms with Crippen LogP contribution in [0.25, 0.3) is 11.3 Å². The lowest BCUT2D eigenvalue weighted by atomic mass is 10.2. The van der Waals surface area contributed by atoms with Crippen molar-refractivity contribution in [3.8, 4) is 17.0 Å². The third-order valence-corrected chi connectivity index (χ3v) is 3.20. The standard InChI is InChI=1S/C12H9F3N2O2S/c13-12(14,15)19-8-3-1-7(2-4-8)9-6-20-11(17-9)10(18)5-16/h1-4,6H,5,16H2. The van der Waals surface area contributed by atoms with E-state index in [0.29, 0.717) is 11.3 Å². The Labute approximate surface area is 116 Å². The summed E-state index contributed by atoms with van der Waals surface area (Å²) in [4.78, 5) is 15.4. The summed E-state index contributed by atoms with van der Waals surface area (Å²) < 4.78 is 39.8. The summed E-state index contributed by atoms with van der Waals surface area (Å²) in [6.45, 7) is -0.134. The average molecular weight is 302 g/mol. The van der Waals surface area contributed by atoms with Gasteiger partial charge >= 0.3 is 6.36 Å². The zero-order valence-electron chi connectivity index (χ0n) is 9.98. The first-order valence-electron chi connectivity index (χ1n) is 5.44. The van der Waals surface area contributed by atoms with Crippen molar-refractivity contribution < 1.29 is 22.7 Å². The van der Waals surface area contributed by atoms with Crippen LogP contribution in [0, 0.1) is 0 Å². The molecule has 0 bridgehead atoms. The molecular formula is C12H9F3N2O2S. The van der Waals surface area contributed by atoms with E-state index in [1.807, 2.05) is 0 Å². The monoisotopic (exact) mass is 302 g/mol. The predicted octanol–water partition coefficient (Wildman–Crippen LogP) is 2.85. The molecule has 2 N–H and O–H groups in total. The molecule has 0 spiro atoms. The molecule has 0 saturated heterocycles. The van der Waals surface area contributed by atoms with E-state index in [2.05, 4.69) is 9.72 Å². The molecule has 0 aliphatic carbocycles. The molecule has 4 nitrogen and oxygen atoms in total. The highest BCUT2D eigenvalue weighted by molar-refractivity contribution is 7.12. The Hall–Kier alpha value is -1.93. The smallest absolute Gasteiger partial charge is 0.406 e. The maximum Gasteiger partial charge on any atom is 0.573 e. The third kappa shape index (κ3) is 3.55. The molecule has 1 aromatic heterocycles. The lowest BCUT2D eigenvalue weighted by Crippen LogP contribution is -2.16. The number of carbonyl (C=O) groups excluding carboxylic acids is 1. The number of nitrogens with zero attached hydrogens (tertiary/aromatic N) is 1. The van der Waals surface area contributed by atoms with Crippen molar-refractivity contribution in [1.29, 1.82) is 0 Å². The van der Waals surface area contributed by atoms with Crippen molar-refractivity contribution in [2.45, 2.75) is 6.36 Å². The number of aromatic nitrogens is 1. The number of halogens is 3. The molecule has 0 aliphatic heterocycles. The van der Waals surface area contributed by atoms with Crippen molar-refractivity contribution >= 4 is 17.1 Å². The molecule has 0 amide bonds. The fraction of sp³-hybridized carbons (Fsp3) is 0.167. The van der Waals surface area contributed by atoms with Crippen LogP contribution in [-0.4, -0.2) is 23.7 Å². The number of ether oxygens (including phenoxy) is 1. The first-order chi connectivity index (χ1) is 9.39. The Bertz CT molecular complexity index is 608. The maximum absolute atomic E-state index is 12.0. The topological polar surface area (TPSA) is 65.2 Å². The molecule has 1 heterocycles. The van der Waals surface area contributed by atoms with Crippen molar-refractivity contribution in [2.75, 3.05) is 6.54 Å². The molecule has 2 rings (SSSR count). The van der Waals surface area contributed by atoms with Gasteiger partial charge in [-0.15, -0.1) is 24.5 Å². The van der Waals surface area contributed by atoms with Gasteiger partial charge in [0.2, 0.25) is 5.78 Å². The Morgan fingerprint density at radius 3 is 2.50 bits per heavy atom. The summed E-state index contributed by atoms with van der Waals surface area (Å²) in [6, 6.07) is 5.25. The minimum atomic E-state index is -4.72. The van der Waals surface area contributed by atoms with Crippen molar-refractivity contribution in [3.05, 3.63) is 34.7 Å². The van der Waals surface area contributed by atoms with Gasteiger partial charge in [-0.2, -0.15) is 0 Å². The average Bonchev–Trinajstić information content (AvgIpc) is 2.86. The Morgan fingerprint density at radius 1 is 1.30 bits per heavy atom. The van der Waals surface area contributed by atoms with Crippen LogP contribution in [0.1, 0.15) is 9.80 Å². The molecule has 1 aromatic carbocycles. The van der Waals surface area contributed by atoms with Gasteiger partial charge in [-0.3, -0.25) is 4.79 Å². The summed E-state index contributed by atoms with van der Waals surface area (Å²) >= 11 is 1.14. The van der Waals surface area contributed by atoms with Gasteiger partial charge < -0.3 is 10.5 Å². The molecule has 0 radical (unpaired) electrons. The van der Waals surface area contributed by atoms with Gasteiger partial charge in [0.1, 0.15) is 5.75 Å². The summed E-state index contributed by atoms with van der Waals surface area (Å²) in [7, 11) is 0. The second-order valence-electron chi connectivity index (χ2n) is 3.74. The van der Waals surface area contributed by atoms with Gasteiger partial charge in [-0.25, -0.2) is 4.98 Å². The number of benzene rings is 1. The Balaban J connectivity index is 2.18. The van der Waals surface area contributed by atoms with Crippen LogP contribution in [0.4, 0.5) is 13.2 Å². The molecular weight excluding hydrogens is 293 g/mol. The molecule has 0 unspecified atom stereocenters. The summed E-state index contributed by atoms with van der Waals surface area (Å²) in [5.41, 5.74) is 6.32. The van der Waals surface area contributed by atoms with Gasteiger partial charge in [0.15, 0.2) is 5.01 Å². The highest BCUT2D eigenvalue weighted by atomic mass is 32.1. The lowest BCUT2D eigenvalue weighted by Gasteiger charge is -2.08. The second kappa shape index (κ2) is 5.59. The van der Waals surface area contributed by atoms with Gasteiger partial charge in [-0.05, 0) is 24.3 Å². The van der Waals surface area contributed by atoms with Gasteiger partial charge in [0.25, 0.3) is 0 Å². The quantitative estimate of drug-likeness (QED) is 0.882. The van der Waals surface area contributed by atoms with Crippen molar-refractivity contribution in [3.63, 3.8) is 0 Å². The molecule has 0 atom stereocenters. The largest absolute Gasteiger partial charge is 0.573 e. The van der Waals surface area contributed by atoms with Crippen LogP contribution in [0.5, 0.6) is 5.75 Å². The van der Waals surface area contributed by atoms with E-state index in [-0.39, 0.29) is 23.1 Å². The number of hydrogen-bond acceptors (Lipinski definition) is 5. The molecule has 106 valence electrons. The van der Waals surface area contributed by atoms with Gasteiger partial charge in [0, 0.05) is 10.9 Å². The number of Topliss-reactive ketones (excluding diaryl/α,β-unsaturated/α-hetero) is 1. The van der Waals surface area contributed by atoms with E-state index in [0.717, 1.165) is 11.3 Å². The second-order valence-corrected chi connectivity index (χ2v) is 4.60. The summed E-state index contributed by atoms with van der Waals surface area (Å²) in [5, 5.41) is 1.92. The van der Waals surface area contributed by atoms with Crippen LogP contribution in [-0.2, 0) is 0 Å². The lowest BCUT2D eigenvalue weighted by molar-refractivity contribution is -0.274. The molecule has 0 saturated carbocycles. The number of alkyl halides is 3. The fourth-order valence-corrected chi connectivity index (χ4v) is 2.23. The first-order valence-corrected chi connectivity index (χ1v) is 6.32. The van der Waals surface area contributed by atoms with E-state index < -0.39 is 6.36 Å². The van der Waals surface area contributed by atoms with E-state index in [4.69, 9.17) is 5.73 Å². The van der Waals surface area contributed by atoms with Gasteiger partial charge in [0.05, 0.1) is 12.2 Å². The van der Waals surface area contributed by atoms with Crippen LogP contribution in [0.15, 0.2) is 29.6 Å². The minimum absolute atomic E-state index is 0.134. The maximum atomic E-state index is 12.0. The number of thiazole rings is 1. The van der Waals surface area contributed by atoms with Crippen molar-refractivity contribution in [1.82, 2.24) is 4.98 Å². The number of nitrogens with two attached hydrogens (primary N) is 1. The third-order valence-electron chi connectivity index (χ3n) is 2.31. The summed E-state index contributed by atoms with van der Waals surface area (Å²) in [6.07, 6.45) is -4.72. The van der Waals surface area contributed by atoms with Crippen LogP contribution in [0.2, 0.25) is 0 Å². The number of hydrogen-bond donors (Lipinski definition) is 1. The summed E-state index contributed by atoms with van der Waals surface area (Å²) in [5.74, 6) is -0.590. The highest BCUT2D eigenvalue weighted by Crippen LogP contribution is 2.27. The predicted molar refractivity (Wildman–Crippen MR) is 67.6 cm³/mol. The molecule has 0 fully saturated rings. The molecule has 2 aromatic rings. The number of rotatable bonds is 4. The molecule has 0 aliphatic rings. The van der Waals surface area contributed by atoms with E-state index in [1.165, 1.54) is 24.3 Å². The van der Waals surface area contributed by atoms with E-state index in [1.54, 1.807) is 5.38 Å². The fourth-order valence-electron chi connectivity index (χ4n) is 1.45. The highest BCUT2D eigenvalue weighted by Gasteiger charge is 2.30. The number of carbonyl (C=O) groups is 1. The van der Waals surface area contributed by atoms with Crippen LogP contribution >= 0.6 is 11.3 Å². The van der Waals surface area contributed by atoms with Crippen LogP contribution < -0.4 is 10.5 Å². The van der Waals surface area contributed by atoms with E-state index in [9.17, 15) is 18.0 Å². The first kappa shape index (κ1) is 14.5. The van der Waals surface area contributed by atoms with E-state index >= 15 is 0 Å². The minimum Gasteiger partial charge on any atom is -0.406 e. The number of ketones is 1. The Kier molecular flexibility index (Phi) is 4.05. The van der Waals surface area contributed by atoms with Gasteiger partial charge in [-0.1, -0.05) is 0 Å².